The third kappa shape index (κ3) is 2.55. The number of nitro benzene ring substituents is 1. The minimum absolute atomic E-state index is 0.121. The maximum atomic E-state index is 10.9. The van der Waals surface area contributed by atoms with Gasteiger partial charge in [0.25, 0.3) is 5.69 Å². The van der Waals surface area contributed by atoms with Gasteiger partial charge in [0.1, 0.15) is 11.9 Å². The normalized spacial score (nSPS) is 19.3. The summed E-state index contributed by atoms with van der Waals surface area (Å²) >= 11 is 0. The highest BCUT2D eigenvalue weighted by Crippen LogP contribution is 2.29. The summed E-state index contributed by atoms with van der Waals surface area (Å²) < 4.78 is 5.78. The molecule has 5 nitrogen and oxygen atoms in total. The lowest BCUT2D eigenvalue weighted by Gasteiger charge is -2.15. The Morgan fingerprint density at radius 1 is 1.41 bits per heavy atom. The van der Waals surface area contributed by atoms with E-state index in [-0.39, 0.29) is 16.7 Å². The van der Waals surface area contributed by atoms with Gasteiger partial charge in [0, 0.05) is 12.1 Å². The summed E-state index contributed by atoms with van der Waals surface area (Å²) in [6, 6.07) is 3.33. The Labute approximate surface area is 99.9 Å². The highest BCUT2D eigenvalue weighted by molar-refractivity contribution is 5.49. The number of aryl methyl sites for hydroxylation is 2. The molecular weight excluding hydrogens is 220 g/mol. The minimum Gasteiger partial charge on any atom is -0.489 e. The first-order valence-electron chi connectivity index (χ1n) is 5.71. The summed E-state index contributed by atoms with van der Waals surface area (Å²) in [4.78, 5) is 10.5. The fourth-order valence-electron chi connectivity index (χ4n) is 2.05. The lowest BCUT2D eigenvalue weighted by atomic mass is 10.1. The average molecular weight is 236 g/mol. The van der Waals surface area contributed by atoms with Gasteiger partial charge in [-0.15, -0.1) is 0 Å². The molecule has 1 saturated heterocycles. The van der Waals surface area contributed by atoms with Gasteiger partial charge in [0.2, 0.25) is 0 Å². The average Bonchev–Trinajstić information content (AvgIpc) is 2.74. The number of hydrogen-bond donors (Lipinski definition) is 1. The van der Waals surface area contributed by atoms with Gasteiger partial charge in [-0.25, -0.2) is 0 Å². The van der Waals surface area contributed by atoms with Crippen molar-refractivity contribution in [3.63, 3.8) is 0 Å². The highest BCUT2D eigenvalue weighted by Gasteiger charge is 2.20. The van der Waals surface area contributed by atoms with E-state index in [0.717, 1.165) is 25.1 Å². The minimum atomic E-state index is -0.367. The van der Waals surface area contributed by atoms with Crippen LogP contribution in [0, 0.1) is 24.0 Å². The van der Waals surface area contributed by atoms with E-state index in [0.29, 0.717) is 11.3 Å². The van der Waals surface area contributed by atoms with Crippen molar-refractivity contribution in [3.05, 3.63) is 33.4 Å². The molecule has 0 amide bonds. The van der Waals surface area contributed by atoms with Crippen LogP contribution in [-0.2, 0) is 0 Å². The van der Waals surface area contributed by atoms with Gasteiger partial charge in [0.05, 0.1) is 11.0 Å². The van der Waals surface area contributed by atoms with Gasteiger partial charge in [-0.05, 0) is 38.4 Å². The van der Waals surface area contributed by atoms with Crippen molar-refractivity contribution in [1.29, 1.82) is 0 Å². The first-order valence-corrected chi connectivity index (χ1v) is 5.71. The molecule has 0 radical (unpaired) electrons. The van der Waals surface area contributed by atoms with Crippen LogP contribution in [0.5, 0.6) is 5.75 Å². The molecule has 0 aromatic heterocycles. The highest BCUT2D eigenvalue weighted by atomic mass is 16.6. The van der Waals surface area contributed by atoms with Gasteiger partial charge in [-0.1, -0.05) is 0 Å². The van der Waals surface area contributed by atoms with E-state index in [1.54, 1.807) is 13.0 Å². The molecule has 1 aromatic rings. The molecule has 1 fully saturated rings. The number of benzene rings is 1. The fraction of sp³-hybridized carbons (Fsp3) is 0.500. The lowest BCUT2D eigenvalue weighted by molar-refractivity contribution is -0.385. The zero-order valence-electron chi connectivity index (χ0n) is 10.0. The quantitative estimate of drug-likeness (QED) is 0.643. The summed E-state index contributed by atoms with van der Waals surface area (Å²) in [5.41, 5.74) is 1.74. The van der Waals surface area contributed by atoms with E-state index in [1.165, 1.54) is 6.07 Å². The van der Waals surface area contributed by atoms with Gasteiger partial charge >= 0.3 is 0 Å². The summed E-state index contributed by atoms with van der Waals surface area (Å²) in [5, 5.41) is 14.1. The van der Waals surface area contributed by atoms with E-state index < -0.39 is 0 Å². The summed E-state index contributed by atoms with van der Waals surface area (Å²) in [5.74, 6) is 0.621. The van der Waals surface area contributed by atoms with Crippen molar-refractivity contribution >= 4 is 5.69 Å². The van der Waals surface area contributed by atoms with Crippen LogP contribution in [0.3, 0.4) is 0 Å². The van der Waals surface area contributed by atoms with Crippen LogP contribution in [0.15, 0.2) is 12.1 Å². The van der Waals surface area contributed by atoms with Gasteiger partial charge in [-0.2, -0.15) is 0 Å². The second-order valence-electron chi connectivity index (χ2n) is 4.39. The van der Waals surface area contributed by atoms with E-state index in [4.69, 9.17) is 4.74 Å². The molecule has 17 heavy (non-hydrogen) atoms. The number of ether oxygens (including phenoxy) is 1. The molecular formula is C12H16N2O3. The fourth-order valence-corrected chi connectivity index (χ4v) is 2.05. The molecule has 1 N–H and O–H groups in total. The van der Waals surface area contributed by atoms with Crippen LogP contribution >= 0.6 is 0 Å². The van der Waals surface area contributed by atoms with Crippen molar-refractivity contribution in [2.75, 3.05) is 13.1 Å². The van der Waals surface area contributed by atoms with Gasteiger partial charge in [-0.3, -0.25) is 10.1 Å². The molecule has 0 bridgehead atoms. The van der Waals surface area contributed by atoms with Gasteiger partial charge in [0.15, 0.2) is 0 Å². The van der Waals surface area contributed by atoms with Crippen LogP contribution < -0.4 is 10.1 Å². The number of nitrogens with zero attached hydrogens (tertiary/aromatic N) is 1. The Kier molecular flexibility index (Phi) is 3.28. The van der Waals surface area contributed by atoms with E-state index in [2.05, 4.69) is 5.32 Å². The predicted molar refractivity (Wildman–Crippen MR) is 64.5 cm³/mol. The Balaban J connectivity index is 2.26. The molecule has 0 spiro atoms. The van der Waals surface area contributed by atoms with E-state index >= 15 is 0 Å². The topological polar surface area (TPSA) is 64.4 Å². The van der Waals surface area contributed by atoms with Crippen molar-refractivity contribution < 1.29 is 9.66 Å². The lowest BCUT2D eigenvalue weighted by Crippen LogP contribution is -2.20. The smallest absolute Gasteiger partial charge is 0.276 e. The number of nitrogens with one attached hydrogen (secondary N) is 1. The summed E-state index contributed by atoms with van der Waals surface area (Å²) in [7, 11) is 0. The van der Waals surface area contributed by atoms with Crippen LogP contribution in [0.2, 0.25) is 0 Å². The van der Waals surface area contributed by atoms with E-state index in [9.17, 15) is 10.1 Å². The summed E-state index contributed by atoms with van der Waals surface area (Å²) in [6.07, 6.45) is 1.07. The van der Waals surface area contributed by atoms with E-state index in [1.807, 2.05) is 6.92 Å². The molecule has 1 aromatic carbocycles. The maximum absolute atomic E-state index is 10.9. The first kappa shape index (κ1) is 11.9. The Morgan fingerprint density at radius 3 is 2.76 bits per heavy atom. The van der Waals surface area contributed by atoms with Crippen LogP contribution in [0.4, 0.5) is 5.69 Å². The zero-order valence-corrected chi connectivity index (χ0v) is 10.0. The maximum Gasteiger partial charge on any atom is 0.276 e. The zero-order chi connectivity index (χ0) is 12.4. The Bertz CT molecular complexity index is 440. The standard InChI is InChI=1S/C12H16N2O3/c1-8-5-9(2)12(6-11(8)14(15)16)17-10-3-4-13-7-10/h5-6,10,13H,3-4,7H2,1-2H3/t10-/m0/s1. The van der Waals surface area contributed by atoms with Crippen LogP contribution in [-0.4, -0.2) is 24.1 Å². The molecule has 0 unspecified atom stereocenters. The second kappa shape index (κ2) is 4.71. The molecule has 1 heterocycles. The molecule has 1 aliphatic rings. The number of nitro groups is 1. The largest absolute Gasteiger partial charge is 0.489 e. The van der Waals surface area contributed by atoms with Gasteiger partial charge < -0.3 is 10.1 Å². The number of hydrogen-bond acceptors (Lipinski definition) is 4. The number of rotatable bonds is 3. The van der Waals surface area contributed by atoms with Crippen molar-refractivity contribution in [2.45, 2.75) is 26.4 Å². The monoisotopic (exact) mass is 236 g/mol. The SMILES string of the molecule is Cc1cc(C)c([N+](=O)[O-])cc1O[C@H]1CCNC1. The molecule has 2 rings (SSSR count). The summed E-state index contributed by atoms with van der Waals surface area (Å²) in [6.45, 7) is 5.40. The Morgan fingerprint density at radius 2 is 2.18 bits per heavy atom. The molecule has 0 aliphatic carbocycles. The van der Waals surface area contributed by atoms with Crippen LogP contribution in [0.25, 0.3) is 0 Å². The van der Waals surface area contributed by atoms with Crippen LogP contribution in [0.1, 0.15) is 17.5 Å². The van der Waals surface area contributed by atoms with Crippen molar-refractivity contribution in [1.82, 2.24) is 5.32 Å². The third-order valence-corrected chi connectivity index (χ3v) is 3.00. The second-order valence-corrected chi connectivity index (χ2v) is 4.39. The molecule has 1 aliphatic heterocycles. The molecule has 92 valence electrons. The molecule has 1 atom stereocenters. The first-order chi connectivity index (χ1) is 8.08. The molecule has 5 heteroatoms. The van der Waals surface area contributed by atoms with Crippen molar-refractivity contribution in [2.24, 2.45) is 0 Å². The Hall–Kier alpha value is -1.62. The third-order valence-electron chi connectivity index (χ3n) is 3.00. The van der Waals surface area contributed by atoms with Crippen molar-refractivity contribution in [3.8, 4) is 5.75 Å². The predicted octanol–water partition coefficient (Wildman–Crippen LogP) is 1.95. The molecule has 0 saturated carbocycles.